The van der Waals surface area contributed by atoms with Gasteiger partial charge < -0.3 is 0 Å². The molecule has 6 nitrogen and oxygen atoms in total. The largest absolute Gasteiger partial charge is 0.282 e. The molecule has 6 heteroatoms. The van der Waals surface area contributed by atoms with Crippen LogP contribution in [0, 0.1) is 17.0 Å². The molecule has 0 aliphatic heterocycles. The highest BCUT2D eigenvalue weighted by atomic mass is 17.2. The fourth-order valence-electron chi connectivity index (χ4n) is 0.793. The van der Waals surface area contributed by atoms with Gasteiger partial charge in [-0.3, -0.25) is 10.1 Å². The van der Waals surface area contributed by atoms with Crippen LogP contribution in [0.1, 0.15) is 5.69 Å². The maximum absolute atomic E-state index is 10.2. The second-order valence-corrected chi connectivity index (χ2v) is 2.19. The molecule has 0 spiro atoms. The SMILES string of the molecule is Cc1cc([N+](=O)[O-])cc[n+]1OO. The Kier molecular flexibility index (Phi) is 2.20. The van der Waals surface area contributed by atoms with Crippen molar-refractivity contribution in [1.82, 2.24) is 0 Å². The van der Waals surface area contributed by atoms with E-state index in [4.69, 9.17) is 5.26 Å². The van der Waals surface area contributed by atoms with E-state index in [0.29, 0.717) is 5.69 Å². The molecular formula is C6H7N2O4+. The number of nitro groups is 1. The first-order valence-corrected chi connectivity index (χ1v) is 3.14. The van der Waals surface area contributed by atoms with Crippen LogP contribution in [0.4, 0.5) is 5.69 Å². The molecule has 0 saturated heterocycles. The van der Waals surface area contributed by atoms with Crippen molar-refractivity contribution < 1.29 is 19.9 Å². The van der Waals surface area contributed by atoms with Crippen LogP contribution in [0.2, 0.25) is 0 Å². The van der Waals surface area contributed by atoms with Gasteiger partial charge >= 0.3 is 0 Å². The van der Waals surface area contributed by atoms with Crippen LogP contribution in [-0.4, -0.2) is 10.2 Å². The molecule has 1 N–H and O–H groups in total. The number of pyridine rings is 1. The van der Waals surface area contributed by atoms with Gasteiger partial charge in [-0.2, -0.15) is 0 Å². The molecule has 1 rings (SSSR count). The maximum atomic E-state index is 10.2. The first-order valence-electron chi connectivity index (χ1n) is 3.14. The summed E-state index contributed by atoms with van der Waals surface area (Å²) in [5.74, 6) is 0. The number of hydrogen-bond acceptors (Lipinski definition) is 4. The Balaban J connectivity index is 3.10. The molecular weight excluding hydrogens is 164 g/mol. The van der Waals surface area contributed by atoms with Crippen molar-refractivity contribution in [3.05, 3.63) is 34.1 Å². The average molecular weight is 171 g/mol. The Bertz CT molecular complexity index is 312. The molecule has 0 atom stereocenters. The predicted molar refractivity (Wildman–Crippen MR) is 37.2 cm³/mol. The van der Waals surface area contributed by atoms with Crippen LogP contribution in [-0.2, 0) is 0 Å². The van der Waals surface area contributed by atoms with Crippen LogP contribution in [0.5, 0.6) is 0 Å². The van der Waals surface area contributed by atoms with Crippen molar-refractivity contribution in [2.24, 2.45) is 0 Å². The van der Waals surface area contributed by atoms with E-state index < -0.39 is 4.92 Å². The first kappa shape index (κ1) is 8.41. The van der Waals surface area contributed by atoms with Gasteiger partial charge in [0.2, 0.25) is 11.9 Å². The van der Waals surface area contributed by atoms with E-state index in [9.17, 15) is 10.1 Å². The molecule has 0 aliphatic carbocycles. The third-order valence-electron chi connectivity index (χ3n) is 1.38. The number of aryl methyl sites for hydroxylation is 1. The second-order valence-electron chi connectivity index (χ2n) is 2.19. The fraction of sp³-hybridized carbons (Fsp3) is 0.167. The summed E-state index contributed by atoms with van der Waals surface area (Å²) in [5.41, 5.74) is 0.396. The van der Waals surface area contributed by atoms with E-state index in [2.05, 4.69) is 4.99 Å². The Morgan fingerprint density at radius 3 is 2.83 bits per heavy atom. The summed E-state index contributed by atoms with van der Waals surface area (Å²) in [6.07, 6.45) is 1.26. The van der Waals surface area contributed by atoms with E-state index >= 15 is 0 Å². The minimum atomic E-state index is -0.519. The minimum absolute atomic E-state index is 0.0409. The third kappa shape index (κ3) is 1.48. The van der Waals surface area contributed by atoms with Gasteiger partial charge in [-0.1, -0.05) is 4.99 Å². The Hall–Kier alpha value is -1.69. The molecule has 12 heavy (non-hydrogen) atoms. The average Bonchev–Trinajstić information content (AvgIpc) is 2.04. The Morgan fingerprint density at radius 2 is 2.42 bits per heavy atom. The Morgan fingerprint density at radius 1 is 1.75 bits per heavy atom. The van der Waals surface area contributed by atoms with Crippen LogP contribution < -0.4 is 9.72 Å². The monoisotopic (exact) mass is 171 g/mol. The Labute approximate surface area is 67.7 Å². The predicted octanol–water partition coefficient (Wildman–Crippen LogP) is 0.0923. The van der Waals surface area contributed by atoms with Gasteiger partial charge in [0.1, 0.15) is 0 Å². The third-order valence-corrected chi connectivity index (χ3v) is 1.38. The molecule has 0 aliphatic rings. The van der Waals surface area contributed by atoms with E-state index in [0.717, 1.165) is 4.73 Å². The zero-order valence-electron chi connectivity index (χ0n) is 6.30. The highest BCUT2D eigenvalue weighted by Crippen LogP contribution is 2.07. The molecule has 0 radical (unpaired) electrons. The highest BCUT2D eigenvalue weighted by Gasteiger charge is 2.14. The molecule has 0 saturated carbocycles. The normalized spacial score (nSPS) is 9.50. The zero-order valence-corrected chi connectivity index (χ0v) is 6.30. The topological polar surface area (TPSA) is 76.5 Å². The van der Waals surface area contributed by atoms with Crippen molar-refractivity contribution in [2.45, 2.75) is 6.92 Å². The van der Waals surface area contributed by atoms with E-state index in [1.54, 1.807) is 6.92 Å². The van der Waals surface area contributed by atoms with Crippen molar-refractivity contribution in [3.8, 4) is 0 Å². The molecule has 0 bridgehead atoms. The molecule has 1 heterocycles. The lowest BCUT2D eigenvalue weighted by Crippen LogP contribution is -2.43. The van der Waals surface area contributed by atoms with Crippen LogP contribution in [0.15, 0.2) is 18.3 Å². The summed E-state index contributed by atoms with van der Waals surface area (Å²) < 4.78 is 1.01. The number of hydrogen-bond donors (Lipinski definition) is 1. The molecule has 0 amide bonds. The van der Waals surface area contributed by atoms with Crippen molar-refractivity contribution >= 4 is 5.69 Å². The highest BCUT2D eigenvalue weighted by molar-refractivity contribution is 5.26. The van der Waals surface area contributed by atoms with Gasteiger partial charge in [-0.25, -0.2) is 0 Å². The lowest BCUT2D eigenvalue weighted by molar-refractivity contribution is -0.959. The number of rotatable bonds is 2. The quantitative estimate of drug-likeness (QED) is 0.296. The van der Waals surface area contributed by atoms with Gasteiger partial charge in [-0.05, 0) is 0 Å². The lowest BCUT2D eigenvalue weighted by atomic mass is 10.3. The molecule has 0 fully saturated rings. The summed E-state index contributed by atoms with van der Waals surface area (Å²) in [6.45, 7) is 1.57. The zero-order chi connectivity index (χ0) is 9.14. The second kappa shape index (κ2) is 3.14. The van der Waals surface area contributed by atoms with Crippen molar-refractivity contribution in [3.63, 3.8) is 0 Å². The van der Waals surface area contributed by atoms with Crippen molar-refractivity contribution in [2.75, 3.05) is 0 Å². The standard InChI is InChI=1S/C6H6N2O4/c1-5-4-6(8(9)10)2-3-7(5)12-11/h2-4H,1H3/p+1. The smallest absolute Gasteiger partial charge is 0.258 e. The van der Waals surface area contributed by atoms with E-state index in [-0.39, 0.29) is 5.69 Å². The van der Waals surface area contributed by atoms with Crippen LogP contribution in [0.25, 0.3) is 0 Å². The summed E-state index contributed by atoms with van der Waals surface area (Å²) in [7, 11) is 0. The summed E-state index contributed by atoms with van der Waals surface area (Å²) in [5, 5.41) is 18.5. The summed E-state index contributed by atoms with van der Waals surface area (Å²) in [4.78, 5) is 13.6. The van der Waals surface area contributed by atoms with E-state index in [1.165, 1.54) is 18.3 Å². The number of nitrogens with zero attached hydrogens (tertiary/aromatic N) is 2. The molecule has 0 aromatic carbocycles. The summed E-state index contributed by atoms with van der Waals surface area (Å²) in [6, 6.07) is 2.51. The molecule has 1 aromatic heterocycles. The van der Waals surface area contributed by atoms with Gasteiger partial charge in [0.15, 0.2) is 0 Å². The molecule has 1 aromatic rings. The molecule has 64 valence electrons. The fourth-order valence-corrected chi connectivity index (χ4v) is 0.793. The van der Waals surface area contributed by atoms with Gasteiger partial charge in [0, 0.05) is 11.7 Å². The van der Waals surface area contributed by atoms with Gasteiger partial charge in [0.25, 0.3) is 5.69 Å². The minimum Gasteiger partial charge on any atom is -0.258 e. The van der Waals surface area contributed by atoms with E-state index in [1.807, 2.05) is 0 Å². The van der Waals surface area contributed by atoms with Gasteiger partial charge in [-0.15, -0.1) is 5.26 Å². The maximum Gasteiger partial charge on any atom is 0.282 e. The van der Waals surface area contributed by atoms with Crippen molar-refractivity contribution in [1.29, 1.82) is 0 Å². The lowest BCUT2D eigenvalue weighted by Gasteiger charge is -1.91. The van der Waals surface area contributed by atoms with Crippen LogP contribution in [0.3, 0.4) is 0 Å². The first-order chi connectivity index (χ1) is 5.65. The number of aromatic nitrogens is 1. The summed E-state index contributed by atoms with van der Waals surface area (Å²) >= 11 is 0. The molecule has 0 unspecified atom stereocenters. The van der Waals surface area contributed by atoms with Crippen LogP contribution >= 0.6 is 0 Å². The van der Waals surface area contributed by atoms with Gasteiger partial charge in [0.05, 0.1) is 17.1 Å².